The molecule has 0 spiro atoms. The molecule has 0 unspecified atom stereocenters. The number of nitrogens with one attached hydrogen (secondary N) is 1. The van der Waals surface area contributed by atoms with Crippen LogP contribution in [0.3, 0.4) is 0 Å². The fraction of sp³-hybridized carbons (Fsp3) is 0.625. The van der Waals surface area contributed by atoms with Crippen LogP contribution in [0.15, 0.2) is 12.4 Å². The van der Waals surface area contributed by atoms with E-state index in [9.17, 15) is 0 Å². The van der Waals surface area contributed by atoms with Crippen LogP contribution in [0.25, 0.3) is 0 Å². The molecule has 3 nitrogen and oxygen atoms in total. The predicted molar refractivity (Wildman–Crippen MR) is 46.8 cm³/mol. The molecule has 3 heteroatoms. The van der Waals surface area contributed by atoms with Crippen LogP contribution >= 0.6 is 0 Å². The second-order valence-electron chi connectivity index (χ2n) is 2.49. The second kappa shape index (κ2) is 4.01. The summed E-state index contributed by atoms with van der Waals surface area (Å²) in [6, 6.07) is 0. The van der Waals surface area contributed by atoms with Crippen molar-refractivity contribution in [2.45, 2.75) is 20.3 Å². The predicted octanol–water partition coefficient (Wildman–Crippen LogP) is 1.65. The number of imidazole rings is 1. The molecule has 0 radical (unpaired) electrons. The minimum Gasteiger partial charge on any atom is -0.343 e. The summed E-state index contributed by atoms with van der Waals surface area (Å²) in [6.07, 6.45) is 4.80. The van der Waals surface area contributed by atoms with E-state index in [1.807, 2.05) is 6.20 Å². The van der Waals surface area contributed by atoms with Crippen LogP contribution in [0.1, 0.15) is 20.3 Å². The third kappa shape index (κ3) is 1.97. The summed E-state index contributed by atoms with van der Waals surface area (Å²) >= 11 is 0. The van der Waals surface area contributed by atoms with Crippen molar-refractivity contribution < 1.29 is 0 Å². The molecule has 62 valence electrons. The van der Waals surface area contributed by atoms with Gasteiger partial charge in [0.25, 0.3) is 0 Å². The number of aromatic nitrogens is 2. The van der Waals surface area contributed by atoms with Gasteiger partial charge in [0, 0.05) is 25.5 Å². The molecule has 0 bridgehead atoms. The monoisotopic (exact) mass is 153 g/mol. The van der Waals surface area contributed by atoms with E-state index in [0.29, 0.717) is 0 Å². The van der Waals surface area contributed by atoms with E-state index in [0.717, 1.165) is 25.5 Å². The highest BCUT2D eigenvalue weighted by atomic mass is 15.2. The van der Waals surface area contributed by atoms with Crippen LogP contribution in [0, 0.1) is 0 Å². The van der Waals surface area contributed by atoms with Crippen LogP contribution in [-0.4, -0.2) is 23.1 Å². The number of hydrogen-bond acceptors (Lipinski definition) is 2. The Morgan fingerprint density at radius 1 is 1.55 bits per heavy atom. The van der Waals surface area contributed by atoms with Crippen LogP contribution in [0.2, 0.25) is 0 Å². The summed E-state index contributed by atoms with van der Waals surface area (Å²) in [7, 11) is 0. The molecular weight excluding hydrogens is 138 g/mol. The molecule has 1 rings (SSSR count). The standard InChI is InChI=1S/C8H15N3/c1-3-7-11(4-2)8-9-5-6-10-8/h5-6H,3-4,7H2,1-2H3,(H,9,10). The maximum absolute atomic E-state index is 4.18. The van der Waals surface area contributed by atoms with Gasteiger partial charge >= 0.3 is 0 Å². The van der Waals surface area contributed by atoms with Crippen molar-refractivity contribution in [2.24, 2.45) is 0 Å². The maximum Gasteiger partial charge on any atom is 0.202 e. The zero-order valence-corrected chi connectivity index (χ0v) is 7.17. The number of hydrogen-bond donors (Lipinski definition) is 1. The van der Waals surface area contributed by atoms with Gasteiger partial charge in [-0.25, -0.2) is 4.98 Å². The minimum absolute atomic E-state index is 0.981. The van der Waals surface area contributed by atoms with Gasteiger partial charge in [0.2, 0.25) is 5.95 Å². The van der Waals surface area contributed by atoms with Gasteiger partial charge < -0.3 is 9.88 Å². The van der Waals surface area contributed by atoms with Gasteiger partial charge in [-0.05, 0) is 13.3 Å². The molecule has 0 saturated carbocycles. The van der Waals surface area contributed by atoms with Gasteiger partial charge in [0.15, 0.2) is 0 Å². The Morgan fingerprint density at radius 3 is 2.82 bits per heavy atom. The first-order chi connectivity index (χ1) is 5.38. The van der Waals surface area contributed by atoms with Gasteiger partial charge in [0.05, 0.1) is 0 Å². The molecular formula is C8H15N3. The van der Waals surface area contributed by atoms with Crippen molar-refractivity contribution in [1.82, 2.24) is 9.97 Å². The van der Waals surface area contributed by atoms with Crippen LogP contribution in [0.4, 0.5) is 5.95 Å². The van der Waals surface area contributed by atoms with Crippen molar-refractivity contribution in [3.8, 4) is 0 Å². The number of anilines is 1. The Bertz CT molecular complexity index is 181. The molecule has 0 aliphatic rings. The van der Waals surface area contributed by atoms with Crippen LogP contribution in [-0.2, 0) is 0 Å². The molecule has 0 fully saturated rings. The Labute approximate surface area is 67.4 Å². The third-order valence-electron chi connectivity index (χ3n) is 1.66. The minimum atomic E-state index is 0.981. The molecule has 0 amide bonds. The topological polar surface area (TPSA) is 31.9 Å². The SMILES string of the molecule is CCCN(CC)c1ncc[nH]1. The number of nitrogens with zero attached hydrogens (tertiary/aromatic N) is 2. The van der Waals surface area contributed by atoms with E-state index in [4.69, 9.17) is 0 Å². The smallest absolute Gasteiger partial charge is 0.202 e. The summed E-state index contributed by atoms with van der Waals surface area (Å²) in [5.74, 6) is 0.981. The van der Waals surface area contributed by atoms with E-state index in [2.05, 4.69) is 28.7 Å². The second-order valence-corrected chi connectivity index (χ2v) is 2.49. The Morgan fingerprint density at radius 2 is 2.36 bits per heavy atom. The number of H-pyrrole nitrogens is 1. The van der Waals surface area contributed by atoms with Gasteiger partial charge in [-0.1, -0.05) is 6.92 Å². The summed E-state index contributed by atoms with van der Waals surface area (Å²) in [4.78, 5) is 9.49. The molecule has 11 heavy (non-hydrogen) atoms. The zero-order valence-electron chi connectivity index (χ0n) is 7.17. The Hall–Kier alpha value is -0.990. The fourth-order valence-corrected chi connectivity index (χ4v) is 1.11. The van der Waals surface area contributed by atoms with Crippen LogP contribution < -0.4 is 4.90 Å². The largest absolute Gasteiger partial charge is 0.343 e. The Kier molecular flexibility index (Phi) is 2.95. The summed E-state index contributed by atoms with van der Waals surface area (Å²) in [5, 5.41) is 0. The van der Waals surface area contributed by atoms with Gasteiger partial charge in [-0.3, -0.25) is 0 Å². The number of rotatable bonds is 4. The first kappa shape index (κ1) is 8.11. The maximum atomic E-state index is 4.18. The molecule has 0 aliphatic carbocycles. The van der Waals surface area contributed by atoms with E-state index in [-0.39, 0.29) is 0 Å². The Balaban J connectivity index is 2.56. The molecule has 0 saturated heterocycles. The lowest BCUT2D eigenvalue weighted by molar-refractivity contribution is 0.769. The summed E-state index contributed by atoms with van der Waals surface area (Å²) < 4.78 is 0. The van der Waals surface area contributed by atoms with Gasteiger partial charge in [-0.2, -0.15) is 0 Å². The van der Waals surface area contributed by atoms with Crippen molar-refractivity contribution in [3.63, 3.8) is 0 Å². The normalized spacial score (nSPS) is 10.0. The molecule has 1 heterocycles. The third-order valence-corrected chi connectivity index (χ3v) is 1.66. The molecule has 1 aromatic rings. The van der Waals surface area contributed by atoms with Gasteiger partial charge in [-0.15, -0.1) is 0 Å². The van der Waals surface area contributed by atoms with E-state index in [1.54, 1.807) is 6.20 Å². The zero-order chi connectivity index (χ0) is 8.10. The summed E-state index contributed by atoms with van der Waals surface area (Å²) in [5.41, 5.74) is 0. The highest BCUT2D eigenvalue weighted by Gasteiger charge is 2.02. The molecule has 0 aliphatic heterocycles. The molecule has 0 aromatic carbocycles. The lowest BCUT2D eigenvalue weighted by atomic mass is 10.4. The van der Waals surface area contributed by atoms with E-state index < -0.39 is 0 Å². The lowest BCUT2D eigenvalue weighted by Crippen LogP contribution is -2.24. The lowest BCUT2D eigenvalue weighted by Gasteiger charge is -2.18. The fourth-order valence-electron chi connectivity index (χ4n) is 1.11. The average Bonchev–Trinajstić information content (AvgIpc) is 2.52. The average molecular weight is 153 g/mol. The number of aromatic amines is 1. The summed E-state index contributed by atoms with van der Waals surface area (Å²) in [6.45, 7) is 6.40. The quantitative estimate of drug-likeness (QED) is 0.713. The van der Waals surface area contributed by atoms with Crippen LogP contribution in [0.5, 0.6) is 0 Å². The van der Waals surface area contributed by atoms with E-state index >= 15 is 0 Å². The van der Waals surface area contributed by atoms with Crippen molar-refractivity contribution in [2.75, 3.05) is 18.0 Å². The highest BCUT2D eigenvalue weighted by molar-refractivity contribution is 5.27. The van der Waals surface area contributed by atoms with Gasteiger partial charge in [0.1, 0.15) is 0 Å². The first-order valence-electron chi connectivity index (χ1n) is 4.12. The molecule has 0 atom stereocenters. The van der Waals surface area contributed by atoms with E-state index in [1.165, 1.54) is 0 Å². The van der Waals surface area contributed by atoms with Crippen molar-refractivity contribution in [3.05, 3.63) is 12.4 Å². The molecule has 1 N–H and O–H groups in total. The highest BCUT2D eigenvalue weighted by Crippen LogP contribution is 2.04. The van der Waals surface area contributed by atoms with Crippen molar-refractivity contribution >= 4 is 5.95 Å². The first-order valence-corrected chi connectivity index (χ1v) is 4.12. The van der Waals surface area contributed by atoms with Crippen molar-refractivity contribution in [1.29, 1.82) is 0 Å². The molecule has 1 aromatic heterocycles.